The molecule has 0 atom stereocenters. The maximum atomic E-state index is 12.2. The summed E-state index contributed by atoms with van der Waals surface area (Å²) in [4.78, 5) is 12.2. The number of hydrogen-bond donors (Lipinski definition) is 2. The van der Waals surface area contributed by atoms with Crippen molar-refractivity contribution in [1.82, 2.24) is 14.9 Å². The number of aromatic nitrogens is 3. The van der Waals surface area contributed by atoms with E-state index in [1.54, 1.807) is 7.11 Å². The number of carbonyl (C=O) groups is 1. The monoisotopic (exact) mass is 383 g/mol. The van der Waals surface area contributed by atoms with Crippen molar-refractivity contribution in [2.75, 3.05) is 24.0 Å². The van der Waals surface area contributed by atoms with E-state index in [9.17, 15) is 4.79 Å². The van der Waals surface area contributed by atoms with Gasteiger partial charge in [0.1, 0.15) is 5.75 Å². The van der Waals surface area contributed by atoms with E-state index in [4.69, 9.17) is 10.6 Å². The topological polar surface area (TPSA) is 95.1 Å². The van der Waals surface area contributed by atoms with Crippen molar-refractivity contribution in [3.63, 3.8) is 0 Å². The van der Waals surface area contributed by atoms with Crippen LogP contribution >= 0.6 is 11.8 Å². The second-order valence-corrected chi connectivity index (χ2v) is 6.71. The van der Waals surface area contributed by atoms with E-state index in [2.05, 4.69) is 22.4 Å². The first-order valence-corrected chi connectivity index (χ1v) is 9.46. The summed E-state index contributed by atoms with van der Waals surface area (Å²) in [7, 11) is 1.59. The summed E-state index contributed by atoms with van der Waals surface area (Å²) in [6.07, 6.45) is 0.917. The summed E-state index contributed by atoms with van der Waals surface area (Å²) in [5, 5.41) is 11.6. The van der Waals surface area contributed by atoms with Gasteiger partial charge in [-0.15, -0.1) is 10.2 Å². The molecular weight excluding hydrogens is 362 g/mol. The van der Waals surface area contributed by atoms with Crippen molar-refractivity contribution in [3.05, 3.63) is 54.1 Å². The van der Waals surface area contributed by atoms with E-state index in [0.29, 0.717) is 16.7 Å². The summed E-state index contributed by atoms with van der Waals surface area (Å²) >= 11 is 1.22. The van der Waals surface area contributed by atoms with Crippen LogP contribution in [-0.4, -0.2) is 33.6 Å². The highest BCUT2D eigenvalue weighted by Crippen LogP contribution is 2.29. The summed E-state index contributed by atoms with van der Waals surface area (Å²) in [5.74, 6) is 7.30. The largest absolute Gasteiger partial charge is 0.496 e. The van der Waals surface area contributed by atoms with Crippen molar-refractivity contribution in [2.24, 2.45) is 0 Å². The summed E-state index contributed by atoms with van der Waals surface area (Å²) in [5.41, 5.74) is 2.69. The number of nitrogen functional groups attached to an aromatic ring is 1. The van der Waals surface area contributed by atoms with Crippen LogP contribution < -0.4 is 15.9 Å². The second-order valence-electron chi connectivity index (χ2n) is 5.77. The average molecular weight is 383 g/mol. The molecule has 3 aromatic rings. The fraction of sp³-hybridized carbons (Fsp3) is 0.211. The molecule has 0 saturated heterocycles. The number of amides is 1. The maximum Gasteiger partial charge on any atom is 0.234 e. The number of hydrogen-bond acceptors (Lipinski definition) is 6. The number of thioether (sulfide) groups is 1. The summed E-state index contributed by atoms with van der Waals surface area (Å²) in [6.45, 7) is 2.07. The van der Waals surface area contributed by atoms with Crippen LogP contribution in [0.25, 0.3) is 11.4 Å². The van der Waals surface area contributed by atoms with Crippen LogP contribution in [-0.2, 0) is 11.2 Å². The standard InChI is InChI=1S/C19H21N5O2S/c1-3-13-7-6-8-14(11-13)21-17(25)12-27-19-23-22-18(24(19)20)15-9-4-5-10-16(15)26-2/h4-11H,3,12,20H2,1-2H3,(H,21,25). The Kier molecular flexibility index (Phi) is 5.97. The van der Waals surface area contributed by atoms with E-state index in [-0.39, 0.29) is 11.7 Å². The van der Waals surface area contributed by atoms with Gasteiger partial charge in [0.05, 0.1) is 18.4 Å². The molecule has 0 radical (unpaired) electrons. The van der Waals surface area contributed by atoms with Crippen LogP contribution in [0.15, 0.2) is 53.7 Å². The lowest BCUT2D eigenvalue weighted by Gasteiger charge is -2.08. The predicted molar refractivity (Wildman–Crippen MR) is 107 cm³/mol. The summed E-state index contributed by atoms with van der Waals surface area (Å²) < 4.78 is 6.71. The van der Waals surface area contributed by atoms with Crippen LogP contribution in [0.5, 0.6) is 5.75 Å². The quantitative estimate of drug-likeness (QED) is 0.481. The number of anilines is 1. The van der Waals surface area contributed by atoms with Gasteiger partial charge in [0, 0.05) is 5.69 Å². The molecule has 140 valence electrons. The van der Waals surface area contributed by atoms with E-state index >= 15 is 0 Å². The first-order valence-electron chi connectivity index (χ1n) is 8.47. The SMILES string of the molecule is CCc1cccc(NC(=O)CSc2nnc(-c3ccccc3OC)n2N)c1. The number of nitrogens with two attached hydrogens (primary N) is 1. The molecule has 0 saturated carbocycles. The Bertz CT molecular complexity index is 941. The second kappa shape index (κ2) is 8.59. The van der Waals surface area contributed by atoms with E-state index in [1.165, 1.54) is 22.0 Å². The minimum atomic E-state index is -0.130. The smallest absolute Gasteiger partial charge is 0.234 e. The minimum Gasteiger partial charge on any atom is -0.496 e. The molecule has 1 aromatic heterocycles. The molecule has 27 heavy (non-hydrogen) atoms. The lowest BCUT2D eigenvalue weighted by atomic mass is 10.1. The van der Waals surface area contributed by atoms with Crippen molar-refractivity contribution in [1.29, 1.82) is 0 Å². The van der Waals surface area contributed by atoms with E-state index in [0.717, 1.165) is 17.7 Å². The van der Waals surface area contributed by atoms with Crippen LogP contribution in [0.4, 0.5) is 5.69 Å². The highest BCUT2D eigenvalue weighted by Gasteiger charge is 2.16. The Morgan fingerprint density at radius 1 is 1.22 bits per heavy atom. The van der Waals surface area contributed by atoms with Gasteiger partial charge < -0.3 is 15.9 Å². The number of carbonyl (C=O) groups excluding carboxylic acids is 1. The molecular formula is C19H21N5O2S. The maximum absolute atomic E-state index is 12.2. The predicted octanol–water partition coefficient (Wildman–Crippen LogP) is 2.96. The Labute approximate surface area is 161 Å². The molecule has 1 amide bonds. The normalized spacial score (nSPS) is 10.6. The minimum absolute atomic E-state index is 0.130. The highest BCUT2D eigenvalue weighted by atomic mass is 32.2. The van der Waals surface area contributed by atoms with E-state index < -0.39 is 0 Å². The van der Waals surface area contributed by atoms with Crippen LogP contribution in [0.1, 0.15) is 12.5 Å². The zero-order valence-electron chi connectivity index (χ0n) is 15.2. The van der Waals surface area contributed by atoms with Gasteiger partial charge in [-0.3, -0.25) is 4.79 Å². The number of aryl methyl sites for hydroxylation is 1. The molecule has 7 nitrogen and oxygen atoms in total. The van der Waals surface area contributed by atoms with Crippen LogP contribution in [0.3, 0.4) is 0 Å². The summed E-state index contributed by atoms with van der Waals surface area (Å²) in [6, 6.07) is 15.2. The highest BCUT2D eigenvalue weighted by molar-refractivity contribution is 7.99. The number of ether oxygens (including phenoxy) is 1. The van der Waals surface area contributed by atoms with Gasteiger partial charge in [0.15, 0.2) is 5.82 Å². The number of benzene rings is 2. The molecule has 0 fully saturated rings. The lowest BCUT2D eigenvalue weighted by molar-refractivity contribution is -0.113. The number of nitrogens with one attached hydrogen (secondary N) is 1. The zero-order valence-corrected chi connectivity index (χ0v) is 16.0. The number of methoxy groups -OCH3 is 1. The van der Waals surface area contributed by atoms with Crippen molar-refractivity contribution >= 4 is 23.4 Å². The third-order valence-electron chi connectivity index (χ3n) is 3.96. The third-order valence-corrected chi connectivity index (χ3v) is 4.91. The molecule has 3 rings (SSSR count). The van der Waals surface area contributed by atoms with Crippen LogP contribution in [0.2, 0.25) is 0 Å². The molecule has 0 aliphatic rings. The number of nitrogens with zero attached hydrogens (tertiary/aromatic N) is 3. The number of rotatable bonds is 7. The Morgan fingerprint density at radius 3 is 2.81 bits per heavy atom. The fourth-order valence-corrected chi connectivity index (χ4v) is 3.24. The van der Waals surface area contributed by atoms with Gasteiger partial charge in [0.25, 0.3) is 0 Å². The molecule has 0 spiro atoms. The van der Waals surface area contributed by atoms with Gasteiger partial charge in [-0.1, -0.05) is 43.0 Å². The molecule has 1 heterocycles. The van der Waals surface area contributed by atoms with Gasteiger partial charge in [-0.25, -0.2) is 4.68 Å². The number of para-hydroxylation sites is 1. The molecule has 2 aromatic carbocycles. The molecule has 0 aliphatic heterocycles. The lowest BCUT2D eigenvalue weighted by Crippen LogP contribution is -2.16. The Hall–Kier alpha value is -3.00. The van der Waals surface area contributed by atoms with Gasteiger partial charge >= 0.3 is 0 Å². The van der Waals surface area contributed by atoms with Crippen molar-refractivity contribution < 1.29 is 9.53 Å². The fourth-order valence-electron chi connectivity index (χ4n) is 2.58. The van der Waals surface area contributed by atoms with Crippen molar-refractivity contribution in [2.45, 2.75) is 18.5 Å². The third kappa shape index (κ3) is 4.40. The first kappa shape index (κ1) is 18.8. The van der Waals surface area contributed by atoms with Gasteiger partial charge in [-0.05, 0) is 36.2 Å². The molecule has 0 aliphatic carbocycles. The average Bonchev–Trinajstić information content (AvgIpc) is 3.06. The van der Waals surface area contributed by atoms with Gasteiger partial charge in [0.2, 0.25) is 11.1 Å². The van der Waals surface area contributed by atoms with Gasteiger partial charge in [-0.2, -0.15) is 0 Å². The molecule has 0 unspecified atom stereocenters. The first-order chi connectivity index (χ1) is 13.1. The molecule has 3 N–H and O–H groups in total. The van der Waals surface area contributed by atoms with Crippen molar-refractivity contribution in [3.8, 4) is 17.1 Å². The molecule has 8 heteroatoms. The van der Waals surface area contributed by atoms with E-state index in [1.807, 2.05) is 48.5 Å². The Morgan fingerprint density at radius 2 is 2.04 bits per heavy atom. The molecule has 0 bridgehead atoms. The van der Waals surface area contributed by atoms with Crippen LogP contribution in [0, 0.1) is 0 Å². The zero-order chi connectivity index (χ0) is 19.2. The Balaban J connectivity index is 1.66.